The molecule has 2 aromatic carbocycles. The molecule has 0 unspecified atom stereocenters. The van der Waals surface area contributed by atoms with E-state index in [1.807, 2.05) is 55.4 Å². The molecule has 1 N–H and O–H groups in total. The average Bonchev–Trinajstić information content (AvgIpc) is 2.77. The number of ether oxygens (including phenoxy) is 2. The molecule has 0 aliphatic rings. The van der Waals surface area contributed by atoms with Gasteiger partial charge < -0.3 is 19.7 Å². The number of methoxy groups -OCH3 is 1. The van der Waals surface area contributed by atoms with Gasteiger partial charge in [-0.05, 0) is 42.0 Å². The number of hydrogen-bond donors (Lipinski definition) is 1. The monoisotopic (exact) mass is 425 g/mol. The van der Waals surface area contributed by atoms with Gasteiger partial charge in [-0.1, -0.05) is 29.8 Å². The van der Waals surface area contributed by atoms with Crippen LogP contribution in [0.25, 0.3) is 0 Å². The number of rotatable bonds is 8. The second-order valence-electron chi connectivity index (χ2n) is 6.84. The summed E-state index contributed by atoms with van der Waals surface area (Å²) in [5.74, 6) is 1.67. The molecule has 6 nitrogen and oxygen atoms in total. The van der Waals surface area contributed by atoms with Crippen molar-refractivity contribution < 1.29 is 14.3 Å². The molecule has 0 spiro atoms. The lowest BCUT2D eigenvalue weighted by atomic mass is 10.1. The molecule has 1 heterocycles. The number of halogens is 1. The molecule has 0 aliphatic carbocycles. The van der Waals surface area contributed by atoms with E-state index in [4.69, 9.17) is 21.1 Å². The molecule has 3 rings (SSSR count). The zero-order valence-corrected chi connectivity index (χ0v) is 17.9. The molecule has 1 aromatic heterocycles. The maximum Gasteiger partial charge on any atom is 0.251 e. The van der Waals surface area contributed by atoms with Crippen LogP contribution >= 0.6 is 11.6 Å². The summed E-state index contributed by atoms with van der Waals surface area (Å²) in [5.41, 5.74) is 2.41. The van der Waals surface area contributed by atoms with Crippen molar-refractivity contribution in [3.63, 3.8) is 0 Å². The van der Waals surface area contributed by atoms with Gasteiger partial charge in [-0.2, -0.15) is 0 Å². The predicted molar refractivity (Wildman–Crippen MR) is 119 cm³/mol. The summed E-state index contributed by atoms with van der Waals surface area (Å²) in [6.45, 7) is 0.741. The fraction of sp³-hybridized carbons (Fsp3) is 0.217. The minimum absolute atomic E-state index is 0.203. The van der Waals surface area contributed by atoms with Gasteiger partial charge in [0.15, 0.2) is 11.5 Å². The molecular formula is C23H24ClN3O3. The Kier molecular flexibility index (Phi) is 7.14. The number of anilines is 1. The Morgan fingerprint density at radius 2 is 1.87 bits per heavy atom. The van der Waals surface area contributed by atoms with Crippen LogP contribution in [0.5, 0.6) is 11.5 Å². The number of nitrogens with zero attached hydrogens (tertiary/aromatic N) is 2. The minimum Gasteiger partial charge on any atom is -0.493 e. The van der Waals surface area contributed by atoms with E-state index in [0.29, 0.717) is 35.2 Å². The van der Waals surface area contributed by atoms with Crippen LogP contribution in [0.4, 0.5) is 5.82 Å². The summed E-state index contributed by atoms with van der Waals surface area (Å²) >= 11 is 5.91. The van der Waals surface area contributed by atoms with Crippen LogP contribution in [-0.4, -0.2) is 32.1 Å². The highest BCUT2D eigenvalue weighted by molar-refractivity contribution is 6.30. The maximum absolute atomic E-state index is 12.6. The first-order valence-corrected chi connectivity index (χ1v) is 9.80. The van der Waals surface area contributed by atoms with Crippen molar-refractivity contribution in [2.45, 2.75) is 13.2 Å². The van der Waals surface area contributed by atoms with Crippen molar-refractivity contribution in [3.05, 3.63) is 82.5 Å². The first kappa shape index (κ1) is 21.5. The summed E-state index contributed by atoms with van der Waals surface area (Å²) in [4.78, 5) is 18.9. The molecule has 0 bridgehead atoms. The molecule has 1 amide bonds. The van der Waals surface area contributed by atoms with Crippen LogP contribution in [0.15, 0.2) is 60.8 Å². The lowest BCUT2D eigenvalue weighted by Crippen LogP contribution is -2.24. The zero-order valence-electron chi connectivity index (χ0n) is 17.2. The summed E-state index contributed by atoms with van der Waals surface area (Å²) in [6.07, 6.45) is 1.73. The maximum atomic E-state index is 12.6. The molecule has 0 radical (unpaired) electrons. The van der Waals surface area contributed by atoms with Gasteiger partial charge >= 0.3 is 0 Å². The Morgan fingerprint density at radius 3 is 2.57 bits per heavy atom. The van der Waals surface area contributed by atoms with Crippen LogP contribution in [0.2, 0.25) is 5.02 Å². The lowest BCUT2D eigenvalue weighted by Gasteiger charge is -2.16. The Morgan fingerprint density at radius 1 is 1.10 bits per heavy atom. The number of carbonyl (C=O) groups excluding carboxylic acids is 1. The largest absolute Gasteiger partial charge is 0.493 e. The molecule has 0 atom stereocenters. The van der Waals surface area contributed by atoms with Gasteiger partial charge in [-0.15, -0.1) is 0 Å². The van der Waals surface area contributed by atoms with Crippen molar-refractivity contribution in [1.29, 1.82) is 0 Å². The number of amides is 1. The smallest absolute Gasteiger partial charge is 0.251 e. The van der Waals surface area contributed by atoms with Gasteiger partial charge in [-0.25, -0.2) is 4.98 Å². The fourth-order valence-corrected chi connectivity index (χ4v) is 3.04. The Balaban J connectivity index is 1.66. The highest BCUT2D eigenvalue weighted by Crippen LogP contribution is 2.29. The van der Waals surface area contributed by atoms with Crippen LogP contribution in [-0.2, 0) is 13.2 Å². The van der Waals surface area contributed by atoms with Crippen molar-refractivity contribution >= 4 is 23.3 Å². The molecule has 0 saturated carbocycles. The molecule has 3 aromatic rings. The number of carbonyl (C=O) groups is 1. The van der Waals surface area contributed by atoms with Gasteiger partial charge in [0, 0.05) is 43.0 Å². The highest BCUT2D eigenvalue weighted by atomic mass is 35.5. The second kappa shape index (κ2) is 9.98. The van der Waals surface area contributed by atoms with E-state index in [0.717, 1.165) is 16.9 Å². The molecule has 7 heteroatoms. The Bertz CT molecular complexity index is 1010. The van der Waals surface area contributed by atoms with Crippen LogP contribution in [0.1, 0.15) is 21.5 Å². The van der Waals surface area contributed by atoms with E-state index in [9.17, 15) is 4.79 Å². The van der Waals surface area contributed by atoms with E-state index in [-0.39, 0.29) is 5.91 Å². The second-order valence-corrected chi connectivity index (χ2v) is 7.28. The van der Waals surface area contributed by atoms with E-state index >= 15 is 0 Å². The average molecular weight is 426 g/mol. The minimum atomic E-state index is -0.203. The zero-order chi connectivity index (χ0) is 21.5. The fourth-order valence-electron chi connectivity index (χ4n) is 2.92. The van der Waals surface area contributed by atoms with Gasteiger partial charge in [0.2, 0.25) is 0 Å². The van der Waals surface area contributed by atoms with Gasteiger partial charge in [0.05, 0.1) is 7.11 Å². The summed E-state index contributed by atoms with van der Waals surface area (Å²) in [7, 11) is 5.38. The van der Waals surface area contributed by atoms with Crippen molar-refractivity contribution in [2.24, 2.45) is 0 Å². The third-order valence-electron chi connectivity index (χ3n) is 4.46. The van der Waals surface area contributed by atoms with Crippen LogP contribution in [0, 0.1) is 0 Å². The first-order valence-electron chi connectivity index (χ1n) is 9.42. The van der Waals surface area contributed by atoms with E-state index in [1.165, 1.54) is 0 Å². The quantitative estimate of drug-likeness (QED) is 0.582. The molecule has 0 aliphatic heterocycles. The third-order valence-corrected chi connectivity index (χ3v) is 4.72. The van der Waals surface area contributed by atoms with E-state index in [1.54, 1.807) is 31.5 Å². The summed E-state index contributed by atoms with van der Waals surface area (Å²) in [5, 5.41) is 3.61. The lowest BCUT2D eigenvalue weighted by molar-refractivity contribution is 0.0950. The van der Waals surface area contributed by atoms with Gasteiger partial charge in [0.1, 0.15) is 12.4 Å². The third kappa shape index (κ3) is 5.42. The number of pyridine rings is 1. The Labute approximate surface area is 181 Å². The van der Waals surface area contributed by atoms with E-state index < -0.39 is 0 Å². The molecule has 30 heavy (non-hydrogen) atoms. The predicted octanol–water partition coefficient (Wildman–Crippen LogP) is 4.32. The topological polar surface area (TPSA) is 63.7 Å². The van der Waals surface area contributed by atoms with Gasteiger partial charge in [0.25, 0.3) is 5.91 Å². The van der Waals surface area contributed by atoms with Crippen molar-refractivity contribution in [3.8, 4) is 11.5 Å². The molecule has 156 valence electrons. The van der Waals surface area contributed by atoms with Gasteiger partial charge in [-0.3, -0.25) is 4.79 Å². The summed E-state index contributed by atoms with van der Waals surface area (Å²) in [6, 6.07) is 16.3. The molecule has 0 saturated heterocycles. The first-order chi connectivity index (χ1) is 14.5. The number of hydrogen-bond acceptors (Lipinski definition) is 5. The number of aromatic nitrogens is 1. The van der Waals surface area contributed by atoms with E-state index in [2.05, 4.69) is 10.3 Å². The van der Waals surface area contributed by atoms with Crippen LogP contribution in [0.3, 0.4) is 0 Å². The molecule has 0 fully saturated rings. The highest BCUT2D eigenvalue weighted by Gasteiger charge is 2.13. The SMILES string of the molecule is COc1cc(C(=O)NCc2cccnc2N(C)C)ccc1OCc1ccc(Cl)cc1. The normalized spacial score (nSPS) is 10.4. The summed E-state index contributed by atoms with van der Waals surface area (Å²) < 4.78 is 11.3. The standard InChI is InChI=1S/C23H24ClN3O3/c1-27(2)22-18(5-4-12-25-22)14-26-23(28)17-8-11-20(21(13-17)29-3)30-15-16-6-9-19(24)10-7-16/h4-13H,14-15H2,1-3H3,(H,26,28). The number of benzene rings is 2. The number of nitrogens with one attached hydrogen (secondary N) is 1. The Hall–Kier alpha value is -3.25. The van der Waals surface area contributed by atoms with Crippen molar-refractivity contribution in [2.75, 3.05) is 26.1 Å². The van der Waals surface area contributed by atoms with Crippen LogP contribution < -0.4 is 19.7 Å². The van der Waals surface area contributed by atoms with Crippen molar-refractivity contribution in [1.82, 2.24) is 10.3 Å². The molecular weight excluding hydrogens is 402 g/mol.